The molecule has 3 heteroatoms. The average molecular weight is 748 g/mol. The van der Waals surface area contributed by atoms with Crippen LogP contribution in [-0.4, -0.2) is 4.57 Å². The number of allylic oxidation sites excluding steroid dienone is 4. The molecule has 1 aliphatic heterocycles. The van der Waals surface area contributed by atoms with E-state index in [9.17, 15) is 0 Å². The van der Waals surface area contributed by atoms with Crippen molar-refractivity contribution in [3.8, 4) is 16.8 Å². The first-order valence-electron chi connectivity index (χ1n) is 19.6. The molecule has 8 aromatic carbocycles. The highest BCUT2D eigenvalue weighted by atomic mass is 32.2. The molecule has 2 aromatic heterocycles. The van der Waals surface area contributed by atoms with E-state index >= 15 is 0 Å². The van der Waals surface area contributed by atoms with Crippen LogP contribution in [-0.2, 0) is 5.41 Å². The monoisotopic (exact) mass is 747 g/mol. The zero-order valence-corrected chi connectivity index (χ0v) is 32.1. The highest BCUT2D eigenvalue weighted by Crippen LogP contribution is 2.64. The van der Waals surface area contributed by atoms with Crippen molar-refractivity contribution in [1.82, 2.24) is 4.57 Å². The molecule has 3 aliphatic rings. The van der Waals surface area contributed by atoms with Gasteiger partial charge in [-0.2, -0.15) is 0 Å². The number of aromatic nitrogens is 1. The highest BCUT2D eigenvalue weighted by Gasteiger charge is 2.52. The van der Waals surface area contributed by atoms with Crippen molar-refractivity contribution >= 4 is 81.4 Å². The standard InChI is InChI=1S/C53H33NS2/c1-2-15-36-34(13-1)33(32-25-28-50-41(29-32)38-17-5-10-22-49(38)55-50)26-27-47(36)54-46-21-9-4-16-37(46)40-30-39-35-14-3-6-18-42(35)53(45(39)31-48(40)54)43-19-7-11-23-51(43)56-52-24-12-8-20-44(52)53/h1-2,4-5,7-31H,3,6H2. The van der Waals surface area contributed by atoms with Gasteiger partial charge in [0.15, 0.2) is 0 Å². The van der Waals surface area contributed by atoms with Crippen molar-refractivity contribution in [2.24, 2.45) is 0 Å². The second kappa shape index (κ2) is 11.5. The molecule has 0 saturated carbocycles. The van der Waals surface area contributed by atoms with Crippen molar-refractivity contribution in [2.45, 2.75) is 28.0 Å². The Labute approximate surface area is 332 Å². The predicted molar refractivity (Wildman–Crippen MR) is 239 cm³/mol. The van der Waals surface area contributed by atoms with Crippen LogP contribution in [0.15, 0.2) is 191 Å². The van der Waals surface area contributed by atoms with Crippen LogP contribution in [0.1, 0.15) is 35.1 Å². The summed E-state index contributed by atoms with van der Waals surface area (Å²) in [4.78, 5) is 2.70. The van der Waals surface area contributed by atoms with Gasteiger partial charge in [-0.1, -0.05) is 133 Å². The van der Waals surface area contributed by atoms with Gasteiger partial charge in [-0.3, -0.25) is 0 Å². The molecule has 0 saturated heterocycles. The summed E-state index contributed by atoms with van der Waals surface area (Å²) in [5, 5.41) is 7.77. The van der Waals surface area contributed by atoms with Crippen molar-refractivity contribution in [3.63, 3.8) is 0 Å². The molecule has 0 atom stereocenters. The van der Waals surface area contributed by atoms with Crippen molar-refractivity contribution < 1.29 is 0 Å². The van der Waals surface area contributed by atoms with Gasteiger partial charge < -0.3 is 4.57 Å². The van der Waals surface area contributed by atoms with Crippen LogP contribution in [0, 0.1) is 0 Å². The number of hydrogen-bond donors (Lipinski definition) is 0. The van der Waals surface area contributed by atoms with Crippen molar-refractivity contribution in [1.29, 1.82) is 0 Å². The number of thiophene rings is 1. The van der Waals surface area contributed by atoms with E-state index in [1.165, 1.54) is 113 Å². The minimum Gasteiger partial charge on any atom is -0.309 e. The minimum atomic E-state index is -0.383. The van der Waals surface area contributed by atoms with E-state index in [2.05, 4.69) is 181 Å². The van der Waals surface area contributed by atoms with Crippen LogP contribution < -0.4 is 0 Å². The molecule has 0 N–H and O–H groups in total. The van der Waals surface area contributed by atoms with Gasteiger partial charge in [0.1, 0.15) is 0 Å². The molecule has 13 rings (SSSR count). The van der Waals surface area contributed by atoms with Crippen LogP contribution in [0.3, 0.4) is 0 Å². The number of fused-ring (bicyclic) bond motifs is 16. The van der Waals surface area contributed by atoms with Crippen LogP contribution in [0.5, 0.6) is 0 Å². The molecule has 0 radical (unpaired) electrons. The summed E-state index contributed by atoms with van der Waals surface area (Å²) < 4.78 is 5.23. The first-order valence-corrected chi connectivity index (χ1v) is 21.2. The second-order valence-electron chi connectivity index (χ2n) is 15.4. The average Bonchev–Trinajstić information content (AvgIpc) is 3.89. The summed E-state index contributed by atoms with van der Waals surface area (Å²) in [5.74, 6) is 0. The summed E-state index contributed by atoms with van der Waals surface area (Å²) in [6.45, 7) is 0. The van der Waals surface area contributed by atoms with Gasteiger partial charge in [0.05, 0.1) is 22.1 Å². The van der Waals surface area contributed by atoms with E-state index in [1.54, 1.807) is 0 Å². The summed E-state index contributed by atoms with van der Waals surface area (Å²) in [6, 6.07) is 62.0. The van der Waals surface area contributed by atoms with Gasteiger partial charge in [-0.05, 0) is 117 Å². The Morgan fingerprint density at radius 1 is 0.446 bits per heavy atom. The van der Waals surface area contributed by atoms with Crippen LogP contribution in [0.25, 0.3) is 75.1 Å². The Balaban J connectivity index is 1.11. The Hall–Kier alpha value is -6.13. The molecule has 56 heavy (non-hydrogen) atoms. The van der Waals surface area contributed by atoms with Gasteiger partial charge >= 0.3 is 0 Å². The number of benzene rings is 8. The maximum Gasteiger partial charge on any atom is 0.0732 e. The highest BCUT2D eigenvalue weighted by molar-refractivity contribution is 7.99. The smallest absolute Gasteiger partial charge is 0.0732 e. The second-order valence-corrected chi connectivity index (χ2v) is 17.6. The molecule has 262 valence electrons. The van der Waals surface area contributed by atoms with Crippen LogP contribution >= 0.6 is 23.1 Å². The quantitative estimate of drug-likeness (QED) is 0.170. The topological polar surface area (TPSA) is 4.93 Å². The lowest BCUT2D eigenvalue weighted by molar-refractivity contribution is 0.716. The summed E-state index contributed by atoms with van der Waals surface area (Å²) in [7, 11) is 0. The zero-order valence-electron chi connectivity index (χ0n) is 30.4. The Bertz CT molecular complexity index is 3360. The maximum atomic E-state index is 2.58. The Morgan fingerprint density at radius 3 is 1.96 bits per heavy atom. The molecule has 1 spiro atoms. The number of nitrogens with zero attached hydrogens (tertiary/aromatic N) is 1. The normalized spacial score (nSPS) is 15.3. The Kier molecular flexibility index (Phi) is 6.37. The van der Waals surface area contributed by atoms with E-state index in [0.29, 0.717) is 0 Å². The lowest BCUT2D eigenvalue weighted by Gasteiger charge is -2.40. The number of para-hydroxylation sites is 1. The molecule has 2 aliphatic carbocycles. The van der Waals surface area contributed by atoms with Gasteiger partial charge in [-0.15, -0.1) is 11.3 Å². The Morgan fingerprint density at radius 2 is 1.12 bits per heavy atom. The van der Waals surface area contributed by atoms with Crippen LogP contribution in [0.4, 0.5) is 0 Å². The van der Waals surface area contributed by atoms with Crippen LogP contribution in [0.2, 0.25) is 0 Å². The summed E-state index contributed by atoms with van der Waals surface area (Å²) in [5.41, 5.74) is 14.2. The van der Waals surface area contributed by atoms with Gasteiger partial charge in [-0.25, -0.2) is 0 Å². The molecular formula is C53H33NS2. The lowest BCUT2D eigenvalue weighted by Crippen LogP contribution is -2.32. The molecule has 0 amide bonds. The maximum absolute atomic E-state index is 2.58. The van der Waals surface area contributed by atoms with Gasteiger partial charge in [0.2, 0.25) is 0 Å². The van der Waals surface area contributed by atoms with E-state index in [0.717, 1.165) is 12.8 Å². The predicted octanol–water partition coefficient (Wildman–Crippen LogP) is 14.9. The fourth-order valence-corrected chi connectivity index (χ4v) is 12.7. The fraction of sp³-hybridized carbons (Fsp3) is 0.0566. The SMILES string of the molecule is C1=C2C(=CCC1)C1(c3ccccc3Sc3ccccc31)c1cc3c(cc12)c1ccccc1n3-c1ccc(-c2ccc3sc4ccccc4c3c2)c2ccccc12. The van der Waals surface area contributed by atoms with E-state index in [4.69, 9.17) is 0 Å². The molecule has 10 aromatic rings. The van der Waals surface area contributed by atoms with E-state index in [1.807, 2.05) is 23.1 Å². The van der Waals surface area contributed by atoms with Gasteiger partial charge in [0, 0.05) is 46.1 Å². The van der Waals surface area contributed by atoms with E-state index < -0.39 is 0 Å². The number of rotatable bonds is 2. The third-order valence-corrected chi connectivity index (χ3v) is 15.0. The number of hydrogen-bond acceptors (Lipinski definition) is 2. The summed E-state index contributed by atoms with van der Waals surface area (Å²) in [6.07, 6.45) is 7.20. The molecule has 0 unspecified atom stereocenters. The molecule has 3 heterocycles. The van der Waals surface area contributed by atoms with Crippen molar-refractivity contribution in [2.75, 3.05) is 0 Å². The molecule has 1 nitrogen and oxygen atoms in total. The lowest BCUT2D eigenvalue weighted by atomic mass is 9.66. The van der Waals surface area contributed by atoms with E-state index in [-0.39, 0.29) is 5.41 Å². The summed E-state index contributed by atoms with van der Waals surface area (Å²) >= 11 is 3.79. The molecule has 0 bridgehead atoms. The third kappa shape index (κ3) is 4.01. The van der Waals surface area contributed by atoms with Crippen molar-refractivity contribution in [3.05, 3.63) is 204 Å². The minimum absolute atomic E-state index is 0.383. The first kappa shape index (κ1) is 31.1. The first-order chi connectivity index (χ1) is 27.8. The molecule has 0 fully saturated rings. The fourth-order valence-electron chi connectivity index (χ4n) is 10.4. The molecular weight excluding hydrogens is 715 g/mol. The largest absolute Gasteiger partial charge is 0.309 e. The third-order valence-electron chi connectivity index (χ3n) is 12.7. The van der Waals surface area contributed by atoms with Gasteiger partial charge in [0.25, 0.3) is 0 Å². The zero-order chi connectivity index (χ0) is 36.5.